The van der Waals surface area contributed by atoms with Crippen LogP contribution in [0, 0.1) is 0 Å². The Hall–Kier alpha value is -1.42. The number of carbonyl (C=O) groups is 1. The Labute approximate surface area is 79.6 Å². The van der Waals surface area contributed by atoms with E-state index in [1.165, 1.54) is 4.88 Å². The molecule has 2 rings (SSSR count). The first-order chi connectivity index (χ1) is 6.40. The lowest BCUT2D eigenvalue weighted by Crippen LogP contribution is -1.97. The molecule has 0 aliphatic rings. The molecule has 66 valence electrons. The highest BCUT2D eigenvalue weighted by Crippen LogP contribution is 2.23. The minimum atomic E-state index is 0.325. The molecule has 3 nitrogen and oxygen atoms in total. The first kappa shape index (κ1) is 8.19. The average molecular weight is 192 g/mol. The predicted octanol–water partition coefficient (Wildman–Crippen LogP) is 1.81. The minimum Gasteiger partial charge on any atom is -0.301 e. The summed E-state index contributed by atoms with van der Waals surface area (Å²) >= 11 is 1.67. The second kappa shape index (κ2) is 3.53. The number of nitrogens with zero attached hydrogens (tertiary/aromatic N) is 2. The Bertz CT molecular complexity index is 391. The topological polar surface area (TPSA) is 34.9 Å². The van der Waals surface area contributed by atoms with E-state index in [1.807, 2.05) is 23.7 Å². The van der Waals surface area contributed by atoms with E-state index >= 15 is 0 Å². The molecule has 0 N–H and O–H groups in total. The lowest BCUT2D eigenvalue weighted by atomic mass is 10.3. The van der Waals surface area contributed by atoms with Crippen LogP contribution in [0.2, 0.25) is 0 Å². The van der Waals surface area contributed by atoms with Crippen LogP contribution in [0.4, 0.5) is 0 Å². The summed E-state index contributed by atoms with van der Waals surface area (Å²) in [5, 5.41) is 6.07. The molecular formula is C9H8N2OS. The quantitative estimate of drug-likeness (QED) is 0.695. The second-order valence-electron chi connectivity index (χ2n) is 2.60. The molecule has 0 saturated heterocycles. The Kier molecular flexibility index (Phi) is 2.23. The highest BCUT2D eigenvalue weighted by atomic mass is 32.1. The third-order valence-corrected chi connectivity index (χ3v) is 2.62. The molecule has 0 atom stereocenters. The van der Waals surface area contributed by atoms with Gasteiger partial charge in [0.25, 0.3) is 0 Å². The Balaban J connectivity index is 2.28. The Morgan fingerprint density at radius 1 is 1.62 bits per heavy atom. The number of aldehydes is 1. The van der Waals surface area contributed by atoms with E-state index in [4.69, 9.17) is 0 Å². The molecule has 2 heterocycles. The normalized spacial score (nSPS) is 10.2. The van der Waals surface area contributed by atoms with Crippen molar-refractivity contribution < 1.29 is 4.79 Å². The smallest absolute Gasteiger partial charge is 0.141 e. The van der Waals surface area contributed by atoms with Crippen molar-refractivity contribution in [2.75, 3.05) is 0 Å². The van der Waals surface area contributed by atoms with Crippen molar-refractivity contribution in [3.8, 4) is 10.4 Å². The van der Waals surface area contributed by atoms with Gasteiger partial charge in [0.1, 0.15) is 6.29 Å². The minimum absolute atomic E-state index is 0.325. The summed E-state index contributed by atoms with van der Waals surface area (Å²) in [6, 6.07) is 4.03. The third kappa shape index (κ3) is 1.67. The maximum atomic E-state index is 10.2. The van der Waals surface area contributed by atoms with Gasteiger partial charge in [0, 0.05) is 16.6 Å². The van der Waals surface area contributed by atoms with Gasteiger partial charge < -0.3 is 4.79 Å². The maximum Gasteiger partial charge on any atom is 0.141 e. The fraction of sp³-hybridized carbons (Fsp3) is 0.111. The van der Waals surface area contributed by atoms with Crippen LogP contribution in [0.1, 0.15) is 0 Å². The van der Waals surface area contributed by atoms with E-state index in [9.17, 15) is 4.79 Å². The Morgan fingerprint density at radius 2 is 2.54 bits per heavy atom. The summed E-state index contributed by atoms with van der Waals surface area (Å²) in [7, 11) is 0. The fourth-order valence-electron chi connectivity index (χ4n) is 1.11. The van der Waals surface area contributed by atoms with E-state index in [-0.39, 0.29) is 0 Å². The molecule has 0 unspecified atom stereocenters. The SMILES string of the molecule is O=CCn1cc(-c2cccs2)cn1. The number of rotatable bonds is 3. The van der Waals surface area contributed by atoms with Crippen LogP contribution in [0.5, 0.6) is 0 Å². The first-order valence-electron chi connectivity index (χ1n) is 3.90. The van der Waals surface area contributed by atoms with Crippen LogP contribution in [0.15, 0.2) is 29.9 Å². The van der Waals surface area contributed by atoms with E-state index < -0.39 is 0 Å². The number of thiophene rings is 1. The van der Waals surface area contributed by atoms with Gasteiger partial charge in [-0.3, -0.25) is 4.68 Å². The zero-order valence-electron chi connectivity index (χ0n) is 6.88. The van der Waals surface area contributed by atoms with E-state index in [0.29, 0.717) is 6.54 Å². The van der Waals surface area contributed by atoms with Crippen LogP contribution in [0.25, 0.3) is 10.4 Å². The van der Waals surface area contributed by atoms with Gasteiger partial charge in [-0.2, -0.15) is 5.10 Å². The van der Waals surface area contributed by atoms with Crippen LogP contribution in [-0.2, 0) is 11.3 Å². The van der Waals surface area contributed by atoms with E-state index in [1.54, 1.807) is 22.2 Å². The van der Waals surface area contributed by atoms with Gasteiger partial charge in [0.15, 0.2) is 0 Å². The predicted molar refractivity (Wildman–Crippen MR) is 51.6 cm³/mol. The highest BCUT2D eigenvalue weighted by molar-refractivity contribution is 7.13. The van der Waals surface area contributed by atoms with Crippen molar-refractivity contribution in [3.63, 3.8) is 0 Å². The molecule has 13 heavy (non-hydrogen) atoms. The molecule has 0 aromatic carbocycles. The summed E-state index contributed by atoms with van der Waals surface area (Å²) in [4.78, 5) is 11.4. The first-order valence-corrected chi connectivity index (χ1v) is 4.78. The fourth-order valence-corrected chi connectivity index (χ4v) is 1.81. The molecule has 0 spiro atoms. The summed E-state index contributed by atoms with van der Waals surface area (Å²) in [6.45, 7) is 0.325. The van der Waals surface area contributed by atoms with Gasteiger partial charge in [0.2, 0.25) is 0 Å². The number of carbonyl (C=O) groups excluding carboxylic acids is 1. The van der Waals surface area contributed by atoms with Gasteiger partial charge in [-0.1, -0.05) is 6.07 Å². The van der Waals surface area contributed by atoms with Gasteiger partial charge in [0.05, 0.1) is 12.7 Å². The van der Waals surface area contributed by atoms with Crippen molar-refractivity contribution in [3.05, 3.63) is 29.9 Å². The lowest BCUT2D eigenvalue weighted by molar-refractivity contribution is -0.108. The number of hydrogen-bond acceptors (Lipinski definition) is 3. The van der Waals surface area contributed by atoms with Crippen LogP contribution < -0.4 is 0 Å². The standard InChI is InChI=1S/C9H8N2OS/c12-4-3-11-7-8(6-10-11)9-2-1-5-13-9/h1-2,4-7H,3H2. The van der Waals surface area contributed by atoms with Crippen molar-refractivity contribution >= 4 is 17.6 Å². The summed E-state index contributed by atoms with van der Waals surface area (Å²) < 4.78 is 1.63. The van der Waals surface area contributed by atoms with Crippen LogP contribution in [0.3, 0.4) is 0 Å². The molecule has 0 fully saturated rings. The zero-order chi connectivity index (χ0) is 9.10. The second-order valence-corrected chi connectivity index (χ2v) is 3.54. The largest absolute Gasteiger partial charge is 0.301 e. The van der Waals surface area contributed by atoms with E-state index in [0.717, 1.165) is 11.8 Å². The Morgan fingerprint density at radius 3 is 3.23 bits per heavy atom. The molecule has 0 aliphatic carbocycles. The lowest BCUT2D eigenvalue weighted by Gasteiger charge is -1.89. The molecule has 0 saturated carbocycles. The molecule has 2 aromatic rings. The third-order valence-electron chi connectivity index (χ3n) is 1.70. The molecule has 4 heteroatoms. The monoisotopic (exact) mass is 192 g/mol. The summed E-state index contributed by atoms with van der Waals surface area (Å²) in [6.07, 6.45) is 4.49. The highest BCUT2D eigenvalue weighted by Gasteiger charge is 2.01. The van der Waals surface area contributed by atoms with Gasteiger partial charge in [-0.15, -0.1) is 11.3 Å². The summed E-state index contributed by atoms with van der Waals surface area (Å²) in [5.41, 5.74) is 1.07. The number of aromatic nitrogens is 2. The van der Waals surface area contributed by atoms with Crippen LogP contribution >= 0.6 is 11.3 Å². The number of hydrogen-bond donors (Lipinski definition) is 0. The maximum absolute atomic E-state index is 10.2. The van der Waals surface area contributed by atoms with E-state index in [2.05, 4.69) is 5.10 Å². The van der Waals surface area contributed by atoms with Crippen molar-refractivity contribution in [2.24, 2.45) is 0 Å². The zero-order valence-corrected chi connectivity index (χ0v) is 7.70. The van der Waals surface area contributed by atoms with Crippen molar-refractivity contribution in [2.45, 2.75) is 6.54 Å². The molecule has 0 radical (unpaired) electrons. The molecule has 2 aromatic heterocycles. The van der Waals surface area contributed by atoms with Gasteiger partial charge in [-0.25, -0.2) is 0 Å². The molecule has 0 bridgehead atoms. The van der Waals surface area contributed by atoms with Crippen molar-refractivity contribution in [1.29, 1.82) is 0 Å². The van der Waals surface area contributed by atoms with Gasteiger partial charge in [-0.05, 0) is 11.4 Å². The summed E-state index contributed by atoms with van der Waals surface area (Å²) in [5.74, 6) is 0. The average Bonchev–Trinajstić information content (AvgIpc) is 2.70. The molecule has 0 aliphatic heterocycles. The van der Waals surface area contributed by atoms with Crippen molar-refractivity contribution in [1.82, 2.24) is 9.78 Å². The molecule has 0 amide bonds. The molecular weight excluding hydrogens is 184 g/mol. The van der Waals surface area contributed by atoms with Crippen LogP contribution in [-0.4, -0.2) is 16.1 Å². The van der Waals surface area contributed by atoms with Gasteiger partial charge >= 0.3 is 0 Å².